The maximum absolute atomic E-state index is 12.9. The molecule has 0 spiro atoms. The molecule has 1 saturated heterocycles. The summed E-state index contributed by atoms with van der Waals surface area (Å²) in [5.74, 6) is -1.36. The lowest BCUT2D eigenvalue weighted by Gasteiger charge is -2.31. The molecule has 0 atom stereocenters. The number of benzene rings is 1. The number of urea groups is 1. The van der Waals surface area contributed by atoms with E-state index in [1.807, 2.05) is 0 Å². The number of aromatic nitrogens is 1. The van der Waals surface area contributed by atoms with Crippen molar-refractivity contribution < 1.29 is 19.3 Å². The Hall–Kier alpha value is -3.75. The van der Waals surface area contributed by atoms with E-state index in [2.05, 4.69) is 5.32 Å². The molecule has 4 rings (SSSR count). The van der Waals surface area contributed by atoms with Gasteiger partial charge in [-0.3, -0.25) is 29.9 Å². The van der Waals surface area contributed by atoms with Gasteiger partial charge >= 0.3 is 6.03 Å². The normalized spacial score (nSPS) is 19.1. The number of rotatable bonds is 4. The Bertz CT molecular complexity index is 1050. The molecule has 1 aromatic heterocycles. The van der Waals surface area contributed by atoms with E-state index in [4.69, 9.17) is 0 Å². The average molecular weight is 394 g/mol. The summed E-state index contributed by atoms with van der Waals surface area (Å²) in [7, 11) is 0. The van der Waals surface area contributed by atoms with Crippen LogP contribution in [-0.4, -0.2) is 38.3 Å². The number of nitro groups is 1. The molecule has 0 bridgehead atoms. The number of hydrogen-bond donors (Lipinski definition) is 1. The first-order valence-electron chi connectivity index (χ1n) is 9.28. The first-order chi connectivity index (χ1) is 14.0. The maximum Gasteiger partial charge on any atom is 0.331 e. The maximum atomic E-state index is 12.9. The Balaban J connectivity index is 1.71. The van der Waals surface area contributed by atoms with Gasteiger partial charge in [0.1, 0.15) is 5.57 Å². The SMILES string of the molecule is O=C1NC(=O)N(C2CCCC2)C(=O)/C1=C/c1cccn1-c1cccc([N+](=O)[O-])c1. The highest BCUT2D eigenvalue weighted by Gasteiger charge is 2.40. The number of nitrogens with one attached hydrogen (secondary N) is 1. The summed E-state index contributed by atoms with van der Waals surface area (Å²) in [4.78, 5) is 49.2. The van der Waals surface area contributed by atoms with Gasteiger partial charge in [0.25, 0.3) is 17.5 Å². The van der Waals surface area contributed by atoms with E-state index in [0.29, 0.717) is 11.4 Å². The number of amides is 4. The Morgan fingerprint density at radius 1 is 1.10 bits per heavy atom. The van der Waals surface area contributed by atoms with Crippen molar-refractivity contribution in [2.45, 2.75) is 31.7 Å². The van der Waals surface area contributed by atoms with Crippen molar-refractivity contribution in [1.82, 2.24) is 14.8 Å². The molecule has 2 aromatic rings. The van der Waals surface area contributed by atoms with Crippen molar-refractivity contribution >= 4 is 29.6 Å². The van der Waals surface area contributed by atoms with E-state index in [1.165, 1.54) is 18.2 Å². The number of hydrogen-bond acceptors (Lipinski definition) is 5. The largest absolute Gasteiger partial charge is 0.331 e. The molecule has 0 unspecified atom stereocenters. The van der Waals surface area contributed by atoms with Crippen molar-refractivity contribution in [2.24, 2.45) is 0 Å². The summed E-state index contributed by atoms with van der Waals surface area (Å²) in [6.45, 7) is 0. The molecule has 4 amide bonds. The lowest BCUT2D eigenvalue weighted by molar-refractivity contribution is -0.384. The van der Waals surface area contributed by atoms with Crippen molar-refractivity contribution in [1.29, 1.82) is 0 Å². The van der Waals surface area contributed by atoms with Gasteiger partial charge in [-0.25, -0.2) is 4.79 Å². The van der Waals surface area contributed by atoms with E-state index in [-0.39, 0.29) is 17.3 Å². The van der Waals surface area contributed by atoms with E-state index < -0.39 is 22.8 Å². The van der Waals surface area contributed by atoms with Crippen LogP contribution in [0.25, 0.3) is 11.8 Å². The van der Waals surface area contributed by atoms with Gasteiger partial charge in [-0.15, -0.1) is 0 Å². The number of nitro benzene ring substituents is 1. The molecule has 0 radical (unpaired) electrons. The Labute approximate surface area is 165 Å². The monoisotopic (exact) mass is 394 g/mol. The molecule has 1 aliphatic heterocycles. The van der Waals surface area contributed by atoms with Crippen LogP contribution in [0.3, 0.4) is 0 Å². The third-order valence-electron chi connectivity index (χ3n) is 5.21. The standard InChI is InChI=1S/C20H18N4O5/c25-18-17(19(26)23(20(27)21-18)13-5-1-2-6-13)12-15-9-4-10-22(15)14-7-3-8-16(11-14)24(28)29/h3-4,7-13H,1-2,5-6H2,(H,21,25,27)/b17-12+. The summed E-state index contributed by atoms with van der Waals surface area (Å²) in [5, 5.41) is 13.3. The van der Waals surface area contributed by atoms with E-state index >= 15 is 0 Å². The molecule has 1 aliphatic carbocycles. The second-order valence-electron chi connectivity index (χ2n) is 7.01. The molecule has 2 aliphatic rings. The Kier molecular flexibility index (Phi) is 4.71. The van der Waals surface area contributed by atoms with Crippen LogP contribution >= 0.6 is 0 Å². The Morgan fingerprint density at radius 3 is 2.59 bits per heavy atom. The van der Waals surface area contributed by atoms with Crippen molar-refractivity contribution in [3.05, 3.63) is 64.0 Å². The van der Waals surface area contributed by atoms with Gasteiger partial charge in [-0.1, -0.05) is 18.9 Å². The molecule has 1 aromatic carbocycles. The number of carbonyl (C=O) groups is 3. The first kappa shape index (κ1) is 18.6. The quantitative estimate of drug-likeness (QED) is 0.371. The van der Waals surface area contributed by atoms with Crippen molar-refractivity contribution in [3.8, 4) is 5.69 Å². The van der Waals surface area contributed by atoms with Gasteiger partial charge in [0.05, 0.1) is 10.6 Å². The van der Waals surface area contributed by atoms with Gasteiger partial charge < -0.3 is 4.57 Å². The van der Waals surface area contributed by atoms with Crippen LogP contribution in [0.5, 0.6) is 0 Å². The predicted molar refractivity (Wildman–Crippen MR) is 103 cm³/mol. The van der Waals surface area contributed by atoms with Crippen LogP contribution in [-0.2, 0) is 9.59 Å². The first-order valence-corrected chi connectivity index (χ1v) is 9.28. The van der Waals surface area contributed by atoms with Crippen LogP contribution in [0.1, 0.15) is 31.4 Å². The molecule has 1 N–H and O–H groups in total. The molecule has 2 fully saturated rings. The van der Waals surface area contributed by atoms with E-state index in [0.717, 1.165) is 30.6 Å². The fraction of sp³-hybridized carbons (Fsp3) is 0.250. The second kappa shape index (κ2) is 7.34. The minimum absolute atomic E-state index is 0.0701. The molecule has 9 heteroatoms. The molecule has 2 heterocycles. The fourth-order valence-electron chi connectivity index (χ4n) is 3.82. The zero-order valence-corrected chi connectivity index (χ0v) is 15.4. The number of carbonyl (C=O) groups excluding carboxylic acids is 3. The third kappa shape index (κ3) is 3.42. The molecular formula is C20H18N4O5. The minimum atomic E-state index is -0.749. The number of imide groups is 2. The van der Waals surface area contributed by atoms with Gasteiger partial charge in [0.2, 0.25) is 0 Å². The minimum Gasteiger partial charge on any atom is -0.317 e. The van der Waals surface area contributed by atoms with Gasteiger partial charge in [0.15, 0.2) is 0 Å². The zero-order valence-electron chi connectivity index (χ0n) is 15.4. The van der Waals surface area contributed by atoms with Crippen molar-refractivity contribution in [3.63, 3.8) is 0 Å². The highest BCUT2D eigenvalue weighted by Crippen LogP contribution is 2.27. The topological polar surface area (TPSA) is 115 Å². The average Bonchev–Trinajstić information content (AvgIpc) is 3.37. The highest BCUT2D eigenvalue weighted by atomic mass is 16.6. The zero-order chi connectivity index (χ0) is 20.5. The van der Waals surface area contributed by atoms with Gasteiger partial charge in [-0.05, 0) is 37.1 Å². The lowest BCUT2D eigenvalue weighted by Crippen LogP contribution is -2.57. The summed E-state index contributed by atoms with van der Waals surface area (Å²) in [6, 6.07) is 8.53. The molecule has 148 valence electrons. The molecule has 29 heavy (non-hydrogen) atoms. The number of non-ortho nitro benzene ring substituents is 1. The summed E-state index contributed by atoms with van der Waals surface area (Å²) in [6.07, 6.45) is 6.41. The van der Waals surface area contributed by atoms with Crippen molar-refractivity contribution in [2.75, 3.05) is 0 Å². The summed E-state index contributed by atoms with van der Waals surface area (Å²) >= 11 is 0. The van der Waals surface area contributed by atoms with E-state index in [1.54, 1.807) is 35.0 Å². The molecular weight excluding hydrogens is 376 g/mol. The fourth-order valence-corrected chi connectivity index (χ4v) is 3.82. The third-order valence-corrected chi connectivity index (χ3v) is 5.21. The number of barbiturate groups is 1. The van der Waals surface area contributed by atoms with Crippen LogP contribution < -0.4 is 5.32 Å². The smallest absolute Gasteiger partial charge is 0.317 e. The second-order valence-corrected chi connectivity index (χ2v) is 7.01. The van der Waals surface area contributed by atoms with Gasteiger partial charge in [-0.2, -0.15) is 0 Å². The van der Waals surface area contributed by atoms with Gasteiger partial charge in [0, 0.05) is 30.1 Å². The lowest BCUT2D eigenvalue weighted by atomic mass is 10.1. The molecule has 1 saturated carbocycles. The van der Waals surface area contributed by atoms with Crippen LogP contribution in [0.2, 0.25) is 0 Å². The summed E-state index contributed by atoms with van der Waals surface area (Å²) in [5.41, 5.74) is 0.800. The van der Waals surface area contributed by atoms with Crippen LogP contribution in [0.4, 0.5) is 10.5 Å². The van der Waals surface area contributed by atoms with Crippen LogP contribution in [0, 0.1) is 10.1 Å². The highest BCUT2D eigenvalue weighted by molar-refractivity contribution is 6.31. The van der Waals surface area contributed by atoms with E-state index in [9.17, 15) is 24.5 Å². The van der Waals surface area contributed by atoms with Crippen LogP contribution in [0.15, 0.2) is 48.2 Å². The summed E-state index contributed by atoms with van der Waals surface area (Å²) < 4.78 is 1.64. The Morgan fingerprint density at radius 2 is 1.86 bits per heavy atom. The number of nitrogens with zero attached hydrogens (tertiary/aromatic N) is 3. The molecule has 9 nitrogen and oxygen atoms in total. The predicted octanol–water partition coefficient (Wildman–Crippen LogP) is 2.79.